The van der Waals surface area contributed by atoms with Crippen LogP contribution in [-0.2, 0) is 17.8 Å². The summed E-state index contributed by atoms with van der Waals surface area (Å²) in [6.07, 6.45) is 5.63. The van der Waals surface area contributed by atoms with Gasteiger partial charge >= 0.3 is 0 Å². The van der Waals surface area contributed by atoms with Crippen LogP contribution in [0.3, 0.4) is 0 Å². The van der Waals surface area contributed by atoms with Crippen LogP contribution >= 0.6 is 0 Å². The van der Waals surface area contributed by atoms with Crippen molar-refractivity contribution in [1.29, 1.82) is 0 Å². The lowest BCUT2D eigenvalue weighted by Crippen LogP contribution is -2.38. The number of H-pyrrole nitrogens is 1. The monoisotopic (exact) mass is 297 g/mol. The van der Waals surface area contributed by atoms with Crippen molar-refractivity contribution >= 4 is 0 Å². The van der Waals surface area contributed by atoms with Crippen molar-refractivity contribution in [2.24, 2.45) is 5.92 Å². The molecule has 1 aliphatic carbocycles. The van der Waals surface area contributed by atoms with Crippen LogP contribution in [0.2, 0.25) is 0 Å². The lowest BCUT2D eigenvalue weighted by Gasteiger charge is -2.35. The number of benzene rings is 1. The molecule has 2 aliphatic rings. The molecule has 1 N–H and O–H groups in total. The highest BCUT2D eigenvalue weighted by Crippen LogP contribution is 2.46. The van der Waals surface area contributed by atoms with Gasteiger partial charge in [-0.05, 0) is 24.3 Å². The van der Waals surface area contributed by atoms with Gasteiger partial charge in [0.1, 0.15) is 0 Å². The molecule has 0 saturated heterocycles. The maximum Gasteiger partial charge on any atom is 0.0925 e. The van der Waals surface area contributed by atoms with Crippen LogP contribution in [-0.4, -0.2) is 34.6 Å². The molecule has 1 atom stereocenters. The molecule has 2 heterocycles. The van der Waals surface area contributed by atoms with Crippen molar-refractivity contribution in [3.05, 3.63) is 53.6 Å². The van der Waals surface area contributed by atoms with Crippen LogP contribution in [0.15, 0.2) is 36.7 Å². The summed E-state index contributed by atoms with van der Waals surface area (Å²) in [4.78, 5) is 10.5. The second-order valence-corrected chi connectivity index (χ2v) is 6.37. The van der Waals surface area contributed by atoms with Gasteiger partial charge in [0, 0.05) is 25.2 Å². The molecule has 1 fully saturated rings. The SMILES string of the molecule is c1ccc(COCCN2CCc3[nH]cnc3C2C2CC2)cc1. The molecule has 1 aromatic heterocycles. The van der Waals surface area contributed by atoms with E-state index in [1.165, 1.54) is 29.8 Å². The minimum atomic E-state index is 0.510. The first-order valence-electron chi connectivity index (χ1n) is 8.29. The Labute approximate surface area is 131 Å². The Balaban J connectivity index is 1.33. The van der Waals surface area contributed by atoms with Crippen LogP contribution in [0, 0.1) is 5.92 Å². The molecule has 1 unspecified atom stereocenters. The fourth-order valence-electron chi connectivity index (χ4n) is 3.48. The first-order chi connectivity index (χ1) is 10.9. The third kappa shape index (κ3) is 2.94. The fraction of sp³-hybridized carbons (Fsp3) is 0.500. The van der Waals surface area contributed by atoms with E-state index in [0.717, 1.165) is 32.0 Å². The summed E-state index contributed by atoms with van der Waals surface area (Å²) in [5, 5.41) is 0. The summed E-state index contributed by atoms with van der Waals surface area (Å²) in [6, 6.07) is 10.9. The van der Waals surface area contributed by atoms with E-state index >= 15 is 0 Å². The number of nitrogens with one attached hydrogen (secondary N) is 1. The van der Waals surface area contributed by atoms with Crippen molar-refractivity contribution in [3.8, 4) is 0 Å². The molecule has 22 heavy (non-hydrogen) atoms. The van der Waals surface area contributed by atoms with Gasteiger partial charge in [0.15, 0.2) is 0 Å². The molecule has 4 heteroatoms. The first-order valence-corrected chi connectivity index (χ1v) is 8.29. The van der Waals surface area contributed by atoms with E-state index in [2.05, 4.69) is 39.1 Å². The quantitative estimate of drug-likeness (QED) is 0.834. The molecule has 0 amide bonds. The molecular weight excluding hydrogens is 274 g/mol. The second-order valence-electron chi connectivity index (χ2n) is 6.37. The van der Waals surface area contributed by atoms with Crippen LogP contribution < -0.4 is 0 Å². The molecule has 1 aromatic carbocycles. The van der Waals surface area contributed by atoms with Crippen LogP contribution in [0.1, 0.15) is 35.8 Å². The number of imidazole rings is 1. The molecule has 1 aliphatic heterocycles. The standard InChI is InChI=1S/C18H23N3O/c1-2-4-14(5-3-1)12-22-11-10-21-9-8-16-17(20-13-19-16)18(21)15-6-7-15/h1-5,13,15,18H,6-12H2,(H,19,20). The van der Waals surface area contributed by atoms with Crippen molar-refractivity contribution in [2.45, 2.75) is 31.9 Å². The van der Waals surface area contributed by atoms with Crippen LogP contribution in [0.25, 0.3) is 0 Å². The normalized spacial score (nSPS) is 21.7. The smallest absolute Gasteiger partial charge is 0.0925 e. The molecule has 4 rings (SSSR count). The molecule has 0 radical (unpaired) electrons. The maximum atomic E-state index is 5.87. The number of hydrogen-bond acceptors (Lipinski definition) is 3. The van der Waals surface area contributed by atoms with Crippen molar-refractivity contribution in [1.82, 2.24) is 14.9 Å². The van der Waals surface area contributed by atoms with Crippen LogP contribution in [0.5, 0.6) is 0 Å². The predicted molar refractivity (Wildman–Crippen MR) is 85.4 cm³/mol. The van der Waals surface area contributed by atoms with Gasteiger partial charge in [-0.1, -0.05) is 30.3 Å². The highest BCUT2D eigenvalue weighted by molar-refractivity contribution is 5.22. The predicted octanol–water partition coefficient (Wildman–Crippen LogP) is 2.94. The average molecular weight is 297 g/mol. The van der Waals surface area contributed by atoms with E-state index in [9.17, 15) is 0 Å². The topological polar surface area (TPSA) is 41.1 Å². The van der Waals surface area contributed by atoms with Gasteiger partial charge in [0.25, 0.3) is 0 Å². The average Bonchev–Trinajstić information content (AvgIpc) is 3.28. The van der Waals surface area contributed by atoms with E-state index in [1.807, 2.05) is 12.4 Å². The van der Waals surface area contributed by atoms with Gasteiger partial charge in [0.2, 0.25) is 0 Å². The zero-order chi connectivity index (χ0) is 14.8. The van der Waals surface area contributed by atoms with E-state index in [1.54, 1.807) is 0 Å². The Morgan fingerprint density at radius 3 is 2.91 bits per heavy atom. The summed E-state index contributed by atoms with van der Waals surface area (Å²) in [6.45, 7) is 3.61. The van der Waals surface area contributed by atoms with Gasteiger partial charge in [-0.2, -0.15) is 0 Å². The van der Waals surface area contributed by atoms with Gasteiger partial charge in [0.05, 0.1) is 31.3 Å². The highest BCUT2D eigenvalue weighted by atomic mass is 16.5. The Morgan fingerprint density at radius 1 is 1.23 bits per heavy atom. The van der Waals surface area contributed by atoms with Crippen LogP contribution in [0.4, 0.5) is 0 Å². The van der Waals surface area contributed by atoms with Gasteiger partial charge in [-0.25, -0.2) is 4.98 Å². The number of ether oxygens (including phenoxy) is 1. The lowest BCUT2D eigenvalue weighted by atomic mass is 9.99. The first kappa shape index (κ1) is 14.0. The summed E-state index contributed by atoms with van der Waals surface area (Å²) >= 11 is 0. The Bertz CT molecular complexity index is 606. The molecular formula is C18H23N3O. The lowest BCUT2D eigenvalue weighted by molar-refractivity contribution is 0.0674. The number of aromatic amines is 1. The van der Waals surface area contributed by atoms with Crippen molar-refractivity contribution < 1.29 is 4.74 Å². The Morgan fingerprint density at radius 2 is 2.09 bits per heavy atom. The summed E-state index contributed by atoms with van der Waals surface area (Å²) in [5.41, 5.74) is 3.88. The summed E-state index contributed by atoms with van der Waals surface area (Å²) in [7, 11) is 0. The minimum Gasteiger partial charge on any atom is -0.375 e. The van der Waals surface area contributed by atoms with Crippen molar-refractivity contribution in [2.75, 3.05) is 19.7 Å². The third-order valence-corrected chi connectivity index (χ3v) is 4.78. The van der Waals surface area contributed by atoms with Gasteiger partial charge in [-0.3, -0.25) is 4.90 Å². The number of hydrogen-bond donors (Lipinski definition) is 1. The third-order valence-electron chi connectivity index (χ3n) is 4.78. The molecule has 0 bridgehead atoms. The Hall–Kier alpha value is -1.65. The second kappa shape index (κ2) is 6.23. The zero-order valence-corrected chi connectivity index (χ0v) is 12.9. The number of nitrogens with zero attached hydrogens (tertiary/aromatic N) is 2. The van der Waals surface area contributed by atoms with E-state index in [4.69, 9.17) is 4.74 Å². The maximum absolute atomic E-state index is 5.87. The molecule has 4 nitrogen and oxygen atoms in total. The van der Waals surface area contributed by atoms with E-state index in [-0.39, 0.29) is 0 Å². The van der Waals surface area contributed by atoms with E-state index < -0.39 is 0 Å². The van der Waals surface area contributed by atoms with Gasteiger partial charge in [-0.15, -0.1) is 0 Å². The Kier molecular flexibility index (Phi) is 3.95. The fourth-order valence-corrected chi connectivity index (χ4v) is 3.48. The largest absolute Gasteiger partial charge is 0.375 e. The highest BCUT2D eigenvalue weighted by Gasteiger charge is 2.40. The minimum absolute atomic E-state index is 0.510. The van der Waals surface area contributed by atoms with Gasteiger partial charge < -0.3 is 9.72 Å². The number of aromatic nitrogens is 2. The molecule has 1 saturated carbocycles. The number of fused-ring (bicyclic) bond motifs is 1. The van der Waals surface area contributed by atoms with E-state index in [0.29, 0.717) is 12.6 Å². The molecule has 116 valence electrons. The summed E-state index contributed by atoms with van der Waals surface area (Å²) in [5.74, 6) is 0.802. The summed E-state index contributed by atoms with van der Waals surface area (Å²) < 4.78 is 5.87. The zero-order valence-electron chi connectivity index (χ0n) is 12.9. The number of rotatable bonds is 6. The molecule has 2 aromatic rings. The molecule has 0 spiro atoms. The van der Waals surface area contributed by atoms with Crippen molar-refractivity contribution in [3.63, 3.8) is 0 Å².